The number of rotatable bonds is 14. The van der Waals surface area contributed by atoms with E-state index in [1.54, 1.807) is 48.5 Å². The molecule has 0 aliphatic heterocycles. The van der Waals surface area contributed by atoms with Gasteiger partial charge in [-0.25, -0.2) is 14.4 Å². The van der Waals surface area contributed by atoms with Crippen molar-refractivity contribution >= 4 is 75.0 Å². The summed E-state index contributed by atoms with van der Waals surface area (Å²) in [5, 5.41) is 8.43. The fraction of sp³-hybridized carbons (Fsp3) is 0.741. The molecule has 4 unspecified atom stereocenters. The number of carbonyl (C=O) groups excluding carboxylic acids is 7. The highest BCUT2D eigenvalue weighted by atomic mass is 35.5. The molecule has 0 aliphatic rings. The maximum Gasteiger partial charge on any atom is 0.509 e. The van der Waals surface area contributed by atoms with Gasteiger partial charge in [0.2, 0.25) is 0 Å². The van der Waals surface area contributed by atoms with Gasteiger partial charge in [-0.2, -0.15) is 0 Å². The first kappa shape index (κ1) is 51.7. The minimum atomic E-state index is -1.05. The second kappa shape index (κ2) is 34.0. The van der Waals surface area contributed by atoms with Crippen molar-refractivity contribution < 1.29 is 71.8 Å². The molecule has 266 valence electrons. The zero-order valence-electron chi connectivity index (χ0n) is 26.1. The summed E-state index contributed by atoms with van der Waals surface area (Å²) in [6.07, 6.45) is -2.08. The number of hydrogen-bond acceptors (Lipinski definition) is 15. The van der Waals surface area contributed by atoms with Crippen molar-refractivity contribution in [1.29, 1.82) is 0 Å². The average Bonchev–Trinajstić information content (AvgIpc) is 2.94. The van der Waals surface area contributed by atoms with Crippen molar-refractivity contribution in [3.05, 3.63) is 0 Å². The van der Waals surface area contributed by atoms with E-state index in [-0.39, 0.29) is 52.3 Å². The van der Waals surface area contributed by atoms with Crippen molar-refractivity contribution in [2.24, 2.45) is 17.8 Å². The van der Waals surface area contributed by atoms with E-state index >= 15 is 0 Å². The van der Waals surface area contributed by atoms with Crippen LogP contribution in [-0.2, 0) is 52.3 Å². The Morgan fingerprint density at radius 2 is 0.867 bits per heavy atom. The fourth-order valence-corrected chi connectivity index (χ4v) is 2.00. The Morgan fingerprint density at radius 3 is 1.18 bits per heavy atom. The second-order valence-corrected chi connectivity index (χ2v) is 9.18. The molecule has 0 aliphatic carbocycles. The third-order valence-corrected chi connectivity index (χ3v) is 4.24. The second-order valence-electron chi connectivity index (χ2n) is 7.99. The van der Waals surface area contributed by atoms with Crippen molar-refractivity contribution in [3.8, 4) is 0 Å². The molecule has 0 heterocycles. The molecule has 4 atom stereocenters. The quantitative estimate of drug-likeness (QED) is 0.138. The molecule has 15 nitrogen and oxygen atoms in total. The molecular formula is C27H47Cl3O15. The molecule has 0 fully saturated rings. The largest absolute Gasteiger partial charge is 0.509 e. The molecule has 0 saturated carbocycles. The first-order valence-corrected chi connectivity index (χ1v) is 14.4. The van der Waals surface area contributed by atoms with E-state index in [0.29, 0.717) is 13.2 Å². The van der Waals surface area contributed by atoms with Gasteiger partial charge in [0, 0.05) is 11.6 Å². The van der Waals surface area contributed by atoms with Gasteiger partial charge >= 0.3 is 40.2 Å². The Labute approximate surface area is 279 Å². The Hall–Kier alpha value is -2.88. The van der Waals surface area contributed by atoms with Gasteiger partial charge in [0.1, 0.15) is 13.2 Å². The first-order chi connectivity index (χ1) is 20.4. The van der Waals surface area contributed by atoms with Crippen LogP contribution in [0.5, 0.6) is 0 Å². The maximum atomic E-state index is 11.2. The molecule has 0 rings (SSSR count). The van der Waals surface area contributed by atoms with Crippen molar-refractivity contribution in [2.75, 3.05) is 46.2 Å². The van der Waals surface area contributed by atoms with Gasteiger partial charge < -0.3 is 38.3 Å². The standard InChI is InChI=1S/C12H20O7.C7H11ClO4.C6H12O3.CCl2O.CH4/c1-5-16-10(13)8(3)7-18-12(15)19-9(4)11(14)17-6-2;1-3-11-6(9)5(2)4-12-7(8)10;1-3-9-6(8)5(2)4-7;2-1(3)4;/h8-9H,5-7H2,1-4H3;5H,3-4H2,1-2H3;5,7H,3-4H2,1-2H3;;1H4. The summed E-state index contributed by atoms with van der Waals surface area (Å²) in [7, 11) is 0. The smallest absolute Gasteiger partial charge is 0.466 e. The van der Waals surface area contributed by atoms with E-state index in [4.69, 9.17) is 31.0 Å². The molecule has 18 heteroatoms. The van der Waals surface area contributed by atoms with Gasteiger partial charge in [0.05, 0.1) is 50.8 Å². The maximum absolute atomic E-state index is 11.2. The summed E-state index contributed by atoms with van der Waals surface area (Å²) in [5.74, 6) is -3.29. The van der Waals surface area contributed by atoms with Crippen LogP contribution in [0.2, 0.25) is 0 Å². The van der Waals surface area contributed by atoms with Crippen LogP contribution in [0.25, 0.3) is 0 Å². The Morgan fingerprint density at radius 1 is 0.556 bits per heavy atom. The third-order valence-electron chi connectivity index (χ3n) is 4.13. The summed E-state index contributed by atoms with van der Waals surface area (Å²) in [6.45, 7) is 13.7. The predicted molar refractivity (Wildman–Crippen MR) is 164 cm³/mol. The molecule has 0 spiro atoms. The number of aliphatic hydroxyl groups excluding tert-OH is 1. The van der Waals surface area contributed by atoms with Crippen LogP contribution in [-0.4, -0.2) is 97.6 Å². The lowest BCUT2D eigenvalue weighted by Crippen LogP contribution is -2.28. The van der Waals surface area contributed by atoms with Crippen LogP contribution in [0.15, 0.2) is 0 Å². The van der Waals surface area contributed by atoms with Gasteiger partial charge in [0.15, 0.2) is 6.10 Å². The van der Waals surface area contributed by atoms with Crippen molar-refractivity contribution in [3.63, 3.8) is 0 Å². The summed E-state index contributed by atoms with van der Waals surface area (Å²) in [5.41, 5.74) is -0.911. The van der Waals surface area contributed by atoms with Crippen molar-refractivity contribution in [1.82, 2.24) is 0 Å². The normalized spacial score (nSPS) is 11.8. The number of carbonyl (C=O) groups is 7. The molecule has 0 saturated heterocycles. The van der Waals surface area contributed by atoms with Gasteiger partial charge in [-0.05, 0) is 78.6 Å². The molecule has 0 aromatic heterocycles. The number of halogens is 3. The molecule has 45 heavy (non-hydrogen) atoms. The average molecular weight is 718 g/mol. The lowest BCUT2D eigenvalue weighted by atomic mass is 10.2. The number of ether oxygens (including phenoxy) is 7. The van der Waals surface area contributed by atoms with Gasteiger partial charge in [-0.15, -0.1) is 0 Å². The minimum absolute atomic E-state index is 0. The van der Waals surface area contributed by atoms with Crippen LogP contribution < -0.4 is 0 Å². The molecule has 0 radical (unpaired) electrons. The fourth-order valence-electron chi connectivity index (χ4n) is 1.93. The van der Waals surface area contributed by atoms with E-state index in [0.717, 1.165) is 0 Å². The van der Waals surface area contributed by atoms with E-state index in [9.17, 15) is 28.8 Å². The first-order valence-electron chi connectivity index (χ1n) is 13.2. The molecular weight excluding hydrogens is 671 g/mol. The van der Waals surface area contributed by atoms with Gasteiger partial charge in [-0.1, -0.05) is 7.43 Å². The Kier molecular flexibility index (Phi) is 39.1. The van der Waals surface area contributed by atoms with Crippen LogP contribution in [0.1, 0.15) is 62.8 Å². The molecule has 0 amide bonds. The number of aliphatic hydroxyl groups is 1. The molecule has 1 N–H and O–H groups in total. The zero-order chi connectivity index (χ0) is 35.3. The van der Waals surface area contributed by atoms with Crippen LogP contribution >= 0.6 is 34.8 Å². The summed E-state index contributed by atoms with van der Waals surface area (Å²) >= 11 is 13.7. The highest BCUT2D eigenvalue weighted by Gasteiger charge is 2.22. The number of esters is 4. The summed E-state index contributed by atoms with van der Waals surface area (Å²) in [6, 6.07) is 0. The molecule has 0 bridgehead atoms. The predicted octanol–water partition coefficient (Wildman–Crippen LogP) is 5.25. The number of hydrogen-bond donors (Lipinski definition) is 1. The van der Waals surface area contributed by atoms with E-state index in [1.807, 2.05) is 0 Å². The highest BCUT2D eigenvalue weighted by molar-refractivity contribution is 6.93. The van der Waals surface area contributed by atoms with Crippen molar-refractivity contribution in [2.45, 2.75) is 68.9 Å². The van der Waals surface area contributed by atoms with E-state index in [1.165, 1.54) is 6.92 Å². The molecule has 0 aromatic carbocycles. The molecule has 0 aromatic rings. The SMILES string of the molecule is C.CCOC(=O)C(C)CO.CCOC(=O)C(C)COC(=O)Cl.CCOC(=O)C(C)COC(=O)OC(C)C(=O)OCC.O=C(Cl)Cl. The summed E-state index contributed by atoms with van der Waals surface area (Å²) in [4.78, 5) is 74.3. The van der Waals surface area contributed by atoms with E-state index in [2.05, 4.69) is 46.9 Å². The van der Waals surface area contributed by atoms with Gasteiger partial charge in [0.25, 0.3) is 0 Å². The Bertz CT molecular complexity index is 851. The monoisotopic (exact) mass is 716 g/mol. The lowest BCUT2D eigenvalue weighted by molar-refractivity contribution is -0.154. The zero-order valence-corrected chi connectivity index (χ0v) is 28.3. The van der Waals surface area contributed by atoms with Crippen LogP contribution in [0.4, 0.5) is 14.4 Å². The Balaban J connectivity index is -0.000000176. The van der Waals surface area contributed by atoms with Gasteiger partial charge in [-0.3, -0.25) is 19.2 Å². The van der Waals surface area contributed by atoms with Crippen LogP contribution in [0, 0.1) is 17.8 Å². The minimum Gasteiger partial charge on any atom is -0.466 e. The van der Waals surface area contributed by atoms with Crippen LogP contribution in [0.3, 0.4) is 0 Å². The van der Waals surface area contributed by atoms with E-state index < -0.39 is 52.1 Å². The lowest BCUT2D eigenvalue weighted by Gasteiger charge is -2.13. The summed E-state index contributed by atoms with van der Waals surface area (Å²) < 4.78 is 31.5. The third kappa shape index (κ3) is 37.2. The topological polar surface area (TPSA) is 204 Å². The highest BCUT2D eigenvalue weighted by Crippen LogP contribution is 2.04.